The Morgan fingerprint density at radius 2 is 2.03 bits per heavy atom. The molecular formula is C21H23ClF3N3O2. The number of carbonyl (C=O) groups is 2. The number of likely N-dealkylation sites (N-methyl/N-ethyl adjacent to an activating group) is 1. The number of aryl methyl sites for hydroxylation is 1. The largest absolute Gasteiger partial charge is 0.416 e. The van der Waals surface area contributed by atoms with E-state index in [-0.39, 0.29) is 18.4 Å². The predicted octanol–water partition coefficient (Wildman–Crippen LogP) is 4.67. The van der Waals surface area contributed by atoms with Crippen molar-refractivity contribution >= 4 is 34.3 Å². The third-order valence-electron chi connectivity index (χ3n) is 5.11. The highest BCUT2D eigenvalue weighted by Gasteiger charge is 2.30. The summed E-state index contributed by atoms with van der Waals surface area (Å²) in [6, 6.07) is 5.33. The van der Waals surface area contributed by atoms with Gasteiger partial charge in [0.2, 0.25) is 11.8 Å². The first-order chi connectivity index (χ1) is 14.2. The smallest absolute Gasteiger partial charge is 0.358 e. The van der Waals surface area contributed by atoms with Crippen molar-refractivity contribution in [1.82, 2.24) is 14.8 Å². The van der Waals surface area contributed by atoms with Gasteiger partial charge in [0, 0.05) is 47.3 Å². The molecular weight excluding hydrogens is 419 g/mol. The molecule has 0 bridgehead atoms. The molecule has 162 valence electrons. The van der Waals surface area contributed by atoms with Crippen LogP contribution in [0.3, 0.4) is 0 Å². The number of hydrogen-bond acceptors (Lipinski definition) is 2. The lowest BCUT2D eigenvalue weighted by Gasteiger charge is -2.27. The van der Waals surface area contributed by atoms with E-state index in [1.54, 1.807) is 11.0 Å². The van der Waals surface area contributed by atoms with E-state index < -0.39 is 11.7 Å². The molecule has 1 aliphatic rings. The topological polar surface area (TPSA) is 56.4 Å². The van der Waals surface area contributed by atoms with E-state index in [2.05, 4.69) is 4.98 Å². The lowest BCUT2D eigenvalue weighted by molar-refractivity contribution is -0.138. The molecule has 2 aromatic rings. The van der Waals surface area contributed by atoms with Crippen LogP contribution in [-0.4, -0.2) is 46.2 Å². The van der Waals surface area contributed by atoms with Gasteiger partial charge in [-0.1, -0.05) is 11.6 Å². The Kier molecular flexibility index (Phi) is 6.75. The number of nitrogens with zero attached hydrogens (tertiary/aromatic N) is 2. The van der Waals surface area contributed by atoms with Gasteiger partial charge < -0.3 is 14.8 Å². The van der Waals surface area contributed by atoms with E-state index in [1.165, 1.54) is 17.2 Å². The number of H-pyrrole nitrogens is 1. The number of aromatic nitrogens is 1. The minimum atomic E-state index is -4.37. The number of amides is 2. The molecule has 1 aliphatic heterocycles. The monoisotopic (exact) mass is 441 g/mol. The Morgan fingerprint density at radius 3 is 2.73 bits per heavy atom. The fourth-order valence-electron chi connectivity index (χ4n) is 3.48. The molecule has 0 aliphatic carbocycles. The average Bonchev–Trinajstić information content (AvgIpc) is 3.09. The molecule has 1 aromatic carbocycles. The average molecular weight is 442 g/mol. The van der Waals surface area contributed by atoms with Crippen molar-refractivity contribution in [2.45, 2.75) is 38.8 Å². The molecule has 1 aromatic heterocycles. The van der Waals surface area contributed by atoms with Crippen LogP contribution >= 0.6 is 11.6 Å². The second-order valence-electron chi connectivity index (χ2n) is 7.27. The summed E-state index contributed by atoms with van der Waals surface area (Å²) in [5.41, 5.74) is 0.784. The van der Waals surface area contributed by atoms with Gasteiger partial charge in [-0.25, -0.2) is 0 Å². The van der Waals surface area contributed by atoms with E-state index >= 15 is 0 Å². The maximum absolute atomic E-state index is 12.9. The summed E-state index contributed by atoms with van der Waals surface area (Å²) in [5, 5.41) is 1.06. The van der Waals surface area contributed by atoms with E-state index in [9.17, 15) is 22.8 Å². The van der Waals surface area contributed by atoms with E-state index in [1.807, 2.05) is 6.92 Å². The van der Waals surface area contributed by atoms with Gasteiger partial charge in [-0.15, -0.1) is 0 Å². The number of allylic oxidation sites excluding steroid dienone is 1. The van der Waals surface area contributed by atoms with Crippen molar-refractivity contribution in [2.24, 2.45) is 0 Å². The standard InChI is InChI=1S/C21H23ClF3N3O2/c1-2-27(20(30)13-28-12-16(22)6-8-19(28)29)9-3-4-17-11-14-10-15(21(23,24)25)5-7-18(14)26-17/h5,7,10-12,26H,2-4,6,8-9,13H2,1H3. The fourth-order valence-corrected chi connectivity index (χ4v) is 3.69. The highest BCUT2D eigenvalue weighted by atomic mass is 35.5. The van der Waals surface area contributed by atoms with Crippen LogP contribution in [0.5, 0.6) is 0 Å². The number of fused-ring (bicyclic) bond motifs is 1. The number of aromatic amines is 1. The molecule has 30 heavy (non-hydrogen) atoms. The zero-order chi connectivity index (χ0) is 21.9. The molecule has 0 spiro atoms. The van der Waals surface area contributed by atoms with Crippen LogP contribution < -0.4 is 0 Å². The molecule has 0 saturated carbocycles. The van der Waals surface area contributed by atoms with Crippen LogP contribution in [0.25, 0.3) is 10.9 Å². The van der Waals surface area contributed by atoms with Gasteiger partial charge in [0.05, 0.1) is 5.56 Å². The summed E-state index contributed by atoms with van der Waals surface area (Å²) in [6.45, 7) is 2.80. The normalized spacial score (nSPS) is 14.9. The first-order valence-corrected chi connectivity index (χ1v) is 10.2. The van der Waals surface area contributed by atoms with Gasteiger partial charge in [-0.2, -0.15) is 13.2 Å². The number of alkyl halides is 3. The van der Waals surface area contributed by atoms with Crippen molar-refractivity contribution in [2.75, 3.05) is 19.6 Å². The third kappa shape index (κ3) is 5.36. The van der Waals surface area contributed by atoms with Crippen LogP contribution in [0.15, 0.2) is 35.5 Å². The number of rotatable bonds is 7. The number of nitrogens with one attached hydrogen (secondary N) is 1. The second kappa shape index (κ2) is 9.12. The summed E-state index contributed by atoms with van der Waals surface area (Å²) in [5.74, 6) is -0.292. The lowest BCUT2D eigenvalue weighted by Crippen LogP contribution is -2.42. The first-order valence-electron chi connectivity index (χ1n) is 9.79. The van der Waals surface area contributed by atoms with Crippen molar-refractivity contribution in [1.29, 1.82) is 0 Å². The Labute approximate surface area is 177 Å². The van der Waals surface area contributed by atoms with Gasteiger partial charge in [-0.05, 0) is 50.5 Å². The third-order valence-corrected chi connectivity index (χ3v) is 5.40. The van der Waals surface area contributed by atoms with Crippen molar-refractivity contribution in [3.63, 3.8) is 0 Å². The number of hydrogen-bond donors (Lipinski definition) is 1. The number of carbonyl (C=O) groups excluding carboxylic acids is 2. The van der Waals surface area contributed by atoms with Crippen molar-refractivity contribution in [3.05, 3.63) is 46.8 Å². The molecule has 9 heteroatoms. The Hall–Kier alpha value is -2.48. The maximum Gasteiger partial charge on any atom is 0.416 e. The van der Waals surface area contributed by atoms with Crippen LogP contribution in [0.1, 0.15) is 37.4 Å². The van der Waals surface area contributed by atoms with Crippen LogP contribution in [0, 0.1) is 0 Å². The molecule has 0 fully saturated rings. The number of halogens is 4. The van der Waals surface area contributed by atoms with Gasteiger partial charge in [0.25, 0.3) is 0 Å². The minimum absolute atomic E-state index is 0.0461. The van der Waals surface area contributed by atoms with Crippen LogP contribution in [0.2, 0.25) is 0 Å². The van der Waals surface area contributed by atoms with E-state index in [0.717, 1.165) is 17.8 Å². The summed E-state index contributed by atoms with van der Waals surface area (Å²) < 4.78 is 38.6. The maximum atomic E-state index is 12.9. The van der Waals surface area contributed by atoms with Gasteiger partial charge >= 0.3 is 6.18 Å². The quantitative estimate of drug-likeness (QED) is 0.678. The highest BCUT2D eigenvalue weighted by molar-refractivity contribution is 6.30. The molecule has 3 rings (SSSR count). The van der Waals surface area contributed by atoms with E-state index in [0.29, 0.717) is 54.7 Å². The molecule has 1 N–H and O–H groups in total. The summed E-state index contributed by atoms with van der Waals surface area (Å²) >= 11 is 5.97. The molecule has 2 heterocycles. The second-order valence-corrected chi connectivity index (χ2v) is 7.75. The first kappa shape index (κ1) is 22.2. The molecule has 0 saturated heterocycles. The Morgan fingerprint density at radius 1 is 1.27 bits per heavy atom. The van der Waals surface area contributed by atoms with Crippen LogP contribution in [-0.2, 0) is 22.2 Å². The Bertz CT molecular complexity index is 968. The summed E-state index contributed by atoms with van der Waals surface area (Å²) in [7, 11) is 0. The van der Waals surface area contributed by atoms with Gasteiger partial charge in [0.1, 0.15) is 6.54 Å². The predicted molar refractivity (Wildman–Crippen MR) is 109 cm³/mol. The Balaban J connectivity index is 1.57. The van der Waals surface area contributed by atoms with Crippen molar-refractivity contribution < 1.29 is 22.8 Å². The van der Waals surface area contributed by atoms with Crippen molar-refractivity contribution in [3.8, 4) is 0 Å². The summed E-state index contributed by atoms with van der Waals surface area (Å²) in [4.78, 5) is 30.6. The molecule has 0 atom stereocenters. The molecule has 2 amide bonds. The molecule has 5 nitrogen and oxygen atoms in total. The highest BCUT2D eigenvalue weighted by Crippen LogP contribution is 2.31. The lowest BCUT2D eigenvalue weighted by atomic mass is 10.1. The number of benzene rings is 1. The van der Waals surface area contributed by atoms with Gasteiger partial charge in [0.15, 0.2) is 0 Å². The SMILES string of the molecule is CCN(CCCc1cc2cc(C(F)(F)F)ccc2[nH]1)C(=O)CN1C=C(Cl)CCC1=O. The van der Waals surface area contributed by atoms with Gasteiger partial charge in [-0.3, -0.25) is 9.59 Å². The summed E-state index contributed by atoms with van der Waals surface area (Å²) in [6.07, 6.45) is -0.832. The van der Waals surface area contributed by atoms with Crippen LogP contribution in [0.4, 0.5) is 13.2 Å². The minimum Gasteiger partial charge on any atom is -0.358 e. The fraction of sp³-hybridized carbons (Fsp3) is 0.429. The zero-order valence-corrected chi connectivity index (χ0v) is 17.3. The molecule has 0 unspecified atom stereocenters. The molecule has 0 radical (unpaired) electrons. The zero-order valence-electron chi connectivity index (χ0n) is 16.6. The van der Waals surface area contributed by atoms with E-state index in [4.69, 9.17) is 11.6 Å².